The first-order chi connectivity index (χ1) is 13.8. The largest absolute Gasteiger partial charge is 0.455 e. The van der Waals surface area contributed by atoms with Gasteiger partial charge in [-0.25, -0.2) is 0 Å². The number of amides is 2. The molecule has 0 fully saturated rings. The van der Waals surface area contributed by atoms with Crippen molar-refractivity contribution in [2.75, 3.05) is 11.9 Å². The zero-order chi connectivity index (χ0) is 21.4. The van der Waals surface area contributed by atoms with Gasteiger partial charge in [0, 0.05) is 17.5 Å². The van der Waals surface area contributed by atoms with Crippen molar-refractivity contribution >= 4 is 40.9 Å². The average Bonchev–Trinajstić information content (AvgIpc) is 2.66. The van der Waals surface area contributed by atoms with E-state index >= 15 is 0 Å². The summed E-state index contributed by atoms with van der Waals surface area (Å²) in [4.78, 5) is 47.3. The molecule has 0 saturated carbocycles. The van der Waals surface area contributed by atoms with Crippen molar-refractivity contribution in [3.63, 3.8) is 0 Å². The smallest absolute Gasteiger partial charge is 0.308 e. The lowest BCUT2D eigenvalue weighted by Crippen LogP contribution is -2.29. The summed E-state index contributed by atoms with van der Waals surface area (Å²) in [6.45, 7) is 2.22. The summed E-state index contributed by atoms with van der Waals surface area (Å²) in [7, 11) is 0. The van der Waals surface area contributed by atoms with Crippen LogP contribution in [0.2, 0.25) is 5.02 Å². The topological polar surface area (TPSA) is 102 Å². The summed E-state index contributed by atoms with van der Waals surface area (Å²) in [6, 6.07) is 12.6. The fourth-order valence-corrected chi connectivity index (χ4v) is 2.78. The highest BCUT2D eigenvalue weighted by molar-refractivity contribution is 6.30. The molecule has 7 nitrogen and oxygen atoms in total. The minimum Gasteiger partial charge on any atom is -0.455 e. The highest BCUT2D eigenvalue weighted by Gasteiger charge is 2.19. The highest BCUT2D eigenvalue weighted by Crippen LogP contribution is 2.20. The molecule has 0 heterocycles. The number of esters is 1. The van der Waals surface area contributed by atoms with Crippen LogP contribution in [0.3, 0.4) is 0 Å². The molecule has 0 aliphatic heterocycles. The maximum atomic E-state index is 12.2. The van der Waals surface area contributed by atoms with Crippen LogP contribution in [0, 0.1) is 0 Å². The van der Waals surface area contributed by atoms with Crippen LogP contribution < -0.4 is 10.6 Å². The predicted octanol–water partition coefficient (Wildman–Crippen LogP) is 3.29. The molecule has 1 atom stereocenters. The van der Waals surface area contributed by atoms with Gasteiger partial charge in [-0.1, -0.05) is 35.9 Å². The monoisotopic (exact) mass is 416 g/mol. The number of halogens is 1. The molecule has 8 heteroatoms. The zero-order valence-electron chi connectivity index (χ0n) is 16.0. The van der Waals surface area contributed by atoms with Crippen LogP contribution >= 0.6 is 11.6 Å². The van der Waals surface area contributed by atoms with Gasteiger partial charge in [-0.2, -0.15) is 0 Å². The van der Waals surface area contributed by atoms with Crippen LogP contribution in [0.4, 0.5) is 5.69 Å². The molecule has 0 aliphatic carbocycles. The third-order valence-corrected chi connectivity index (χ3v) is 4.22. The van der Waals surface area contributed by atoms with E-state index in [0.717, 1.165) is 0 Å². The van der Waals surface area contributed by atoms with Crippen LogP contribution in [0.1, 0.15) is 42.2 Å². The van der Waals surface area contributed by atoms with E-state index in [-0.39, 0.29) is 18.1 Å². The number of hydrogen-bond donors (Lipinski definition) is 2. The maximum Gasteiger partial charge on any atom is 0.308 e. The van der Waals surface area contributed by atoms with E-state index in [1.165, 1.54) is 13.8 Å². The van der Waals surface area contributed by atoms with Crippen LogP contribution in [0.5, 0.6) is 0 Å². The summed E-state index contributed by atoms with van der Waals surface area (Å²) in [5, 5.41) is 5.75. The molecule has 29 heavy (non-hydrogen) atoms. The molecule has 2 amide bonds. The highest BCUT2D eigenvalue weighted by atomic mass is 35.5. The first kappa shape index (κ1) is 22.1. The molecule has 0 saturated heterocycles. The first-order valence-electron chi connectivity index (χ1n) is 8.84. The van der Waals surface area contributed by atoms with Crippen molar-refractivity contribution in [2.24, 2.45) is 0 Å². The molecule has 152 valence electrons. The minimum absolute atomic E-state index is 0.154. The van der Waals surface area contributed by atoms with Crippen LogP contribution in [0.15, 0.2) is 48.5 Å². The Morgan fingerprint density at radius 1 is 1.00 bits per heavy atom. The Kier molecular flexibility index (Phi) is 7.91. The van der Waals surface area contributed by atoms with Gasteiger partial charge in [0.15, 0.2) is 12.4 Å². The average molecular weight is 417 g/mol. The maximum absolute atomic E-state index is 12.2. The van der Waals surface area contributed by atoms with Crippen molar-refractivity contribution in [3.8, 4) is 0 Å². The molecule has 2 aromatic carbocycles. The van der Waals surface area contributed by atoms with Crippen LogP contribution in [-0.2, 0) is 19.1 Å². The molecule has 0 radical (unpaired) electrons. The summed E-state index contributed by atoms with van der Waals surface area (Å²) in [6.07, 6.45) is -0.154. The number of nitrogens with one attached hydrogen (secondary N) is 2. The number of ketones is 1. The molecule has 0 spiro atoms. The number of anilines is 1. The molecule has 1 unspecified atom stereocenters. The molecular formula is C21H21ClN2O5. The summed E-state index contributed by atoms with van der Waals surface area (Å²) < 4.78 is 5.02. The number of carbonyl (C=O) groups excluding carboxylic acids is 4. The number of hydrogen-bond acceptors (Lipinski definition) is 5. The standard InChI is InChI=1S/C21H21ClN2O5/c1-13(25)17-5-3-4-6-18(17)24-20(27)12-29-21(28)11-19(23-14(2)26)15-7-9-16(22)10-8-15/h3-10,19H,11-12H2,1-2H3,(H,23,26)(H,24,27). The van der Waals surface area contributed by atoms with Gasteiger partial charge in [0.1, 0.15) is 0 Å². The van der Waals surface area contributed by atoms with Crippen molar-refractivity contribution in [1.29, 1.82) is 0 Å². The van der Waals surface area contributed by atoms with Crippen LogP contribution in [-0.4, -0.2) is 30.2 Å². The molecule has 2 N–H and O–H groups in total. The molecule has 0 bridgehead atoms. The van der Waals surface area contributed by atoms with Crippen molar-refractivity contribution in [1.82, 2.24) is 5.32 Å². The number of benzene rings is 2. The quantitative estimate of drug-likeness (QED) is 0.508. The van der Waals surface area contributed by atoms with E-state index in [2.05, 4.69) is 10.6 Å². The van der Waals surface area contributed by atoms with E-state index in [1.54, 1.807) is 48.5 Å². The number of rotatable bonds is 8. The van der Waals surface area contributed by atoms with E-state index in [9.17, 15) is 19.2 Å². The SMILES string of the molecule is CC(=O)NC(CC(=O)OCC(=O)Nc1ccccc1C(C)=O)c1ccc(Cl)cc1. The third kappa shape index (κ3) is 7.04. The lowest BCUT2D eigenvalue weighted by atomic mass is 10.0. The Balaban J connectivity index is 1.94. The molecule has 0 aliphatic rings. The number of carbonyl (C=O) groups is 4. The Hall–Kier alpha value is -3.19. The molecule has 2 rings (SSSR count). The van der Waals surface area contributed by atoms with Crippen LogP contribution in [0.25, 0.3) is 0 Å². The van der Waals surface area contributed by atoms with Gasteiger partial charge in [-0.3, -0.25) is 19.2 Å². The van der Waals surface area contributed by atoms with Gasteiger partial charge in [-0.05, 0) is 36.8 Å². The summed E-state index contributed by atoms with van der Waals surface area (Å²) in [5.41, 5.74) is 1.39. The number of Topliss-reactive ketones (excluding diaryl/α,β-unsaturated/α-hetero) is 1. The van der Waals surface area contributed by atoms with E-state index in [4.69, 9.17) is 16.3 Å². The second kappa shape index (κ2) is 10.4. The van der Waals surface area contributed by atoms with Crippen molar-refractivity contribution < 1.29 is 23.9 Å². The Labute approximate surface area is 173 Å². The van der Waals surface area contributed by atoms with E-state index in [1.807, 2.05) is 0 Å². The molecule has 2 aromatic rings. The lowest BCUT2D eigenvalue weighted by molar-refractivity contribution is -0.148. The van der Waals surface area contributed by atoms with Gasteiger partial charge < -0.3 is 15.4 Å². The summed E-state index contributed by atoms with van der Waals surface area (Å²) in [5.74, 6) is -1.74. The molecular weight excluding hydrogens is 396 g/mol. The lowest BCUT2D eigenvalue weighted by Gasteiger charge is -2.18. The van der Waals surface area contributed by atoms with Gasteiger partial charge in [-0.15, -0.1) is 0 Å². The minimum atomic E-state index is -0.659. The van der Waals surface area contributed by atoms with Gasteiger partial charge in [0.25, 0.3) is 5.91 Å². The van der Waals surface area contributed by atoms with E-state index < -0.39 is 24.5 Å². The second-order valence-electron chi connectivity index (χ2n) is 6.32. The Morgan fingerprint density at radius 3 is 2.28 bits per heavy atom. The predicted molar refractivity (Wildman–Crippen MR) is 109 cm³/mol. The normalized spacial score (nSPS) is 11.3. The van der Waals surface area contributed by atoms with Crippen molar-refractivity contribution in [3.05, 3.63) is 64.7 Å². The van der Waals surface area contributed by atoms with Crippen molar-refractivity contribution in [2.45, 2.75) is 26.3 Å². The summed E-state index contributed by atoms with van der Waals surface area (Å²) >= 11 is 5.87. The molecule has 0 aromatic heterocycles. The fraction of sp³-hybridized carbons (Fsp3) is 0.238. The van der Waals surface area contributed by atoms with Gasteiger partial charge in [0.05, 0.1) is 18.2 Å². The first-order valence-corrected chi connectivity index (χ1v) is 9.22. The second-order valence-corrected chi connectivity index (χ2v) is 6.76. The third-order valence-electron chi connectivity index (χ3n) is 3.97. The Morgan fingerprint density at radius 2 is 1.66 bits per heavy atom. The Bertz CT molecular complexity index is 912. The van der Waals surface area contributed by atoms with E-state index in [0.29, 0.717) is 21.8 Å². The van der Waals surface area contributed by atoms with Gasteiger partial charge in [0.2, 0.25) is 5.91 Å². The number of ether oxygens (including phenoxy) is 1. The fourth-order valence-electron chi connectivity index (χ4n) is 2.65. The zero-order valence-corrected chi connectivity index (χ0v) is 16.8. The van der Waals surface area contributed by atoms with Gasteiger partial charge >= 0.3 is 5.97 Å². The number of para-hydroxylation sites is 1.